The zero-order chi connectivity index (χ0) is 16.7. The normalized spacial score (nSPS) is 34.7. The maximum atomic E-state index is 5.58. The van der Waals surface area contributed by atoms with Gasteiger partial charge in [-0.15, -0.1) is 0 Å². The lowest BCUT2D eigenvalue weighted by Crippen LogP contribution is -2.56. The predicted octanol–water partition coefficient (Wildman–Crippen LogP) is 4.59. The number of ether oxygens (including phenoxy) is 1. The summed E-state index contributed by atoms with van der Waals surface area (Å²) in [5.74, 6) is 3.76. The average Bonchev–Trinajstić information content (AvgIpc) is 2.53. The topological polar surface area (TPSA) is 33.3 Å². The lowest BCUT2D eigenvalue weighted by atomic mass is 9.48. The number of nitrogens with one attached hydrogen (secondary N) is 2. The molecule has 4 aliphatic rings. The van der Waals surface area contributed by atoms with E-state index in [1.54, 1.807) is 7.11 Å². The number of rotatable bonds is 4. The number of hydrogen-bond acceptors (Lipinski definition) is 2. The Labute approximate surface area is 150 Å². The Morgan fingerprint density at radius 1 is 1.17 bits per heavy atom. The minimum absolute atomic E-state index is 0.441. The molecule has 0 unspecified atom stereocenters. The molecule has 2 N–H and O–H groups in total. The molecule has 0 spiro atoms. The number of thiocarbonyl (C=S) groups is 1. The van der Waals surface area contributed by atoms with E-state index in [1.165, 1.54) is 38.5 Å². The molecule has 0 radical (unpaired) electrons. The van der Waals surface area contributed by atoms with Crippen LogP contribution in [0.4, 0.5) is 5.69 Å². The first-order chi connectivity index (χ1) is 11.6. The molecule has 1 aromatic carbocycles. The third-order valence-electron chi connectivity index (χ3n) is 6.68. The van der Waals surface area contributed by atoms with Crippen molar-refractivity contribution in [2.24, 2.45) is 23.2 Å². The summed E-state index contributed by atoms with van der Waals surface area (Å²) >= 11 is 5.58. The first-order valence-corrected chi connectivity index (χ1v) is 9.69. The van der Waals surface area contributed by atoms with Crippen LogP contribution in [0.25, 0.3) is 0 Å². The van der Waals surface area contributed by atoms with Crippen LogP contribution in [0, 0.1) is 23.2 Å². The van der Waals surface area contributed by atoms with Gasteiger partial charge in [-0.2, -0.15) is 0 Å². The Morgan fingerprint density at radius 2 is 1.79 bits per heavy atom. The third kappa shape index (κ3) is 3.01. The molecular formula is C20H28N2OS. The van der Waals surface area contributed by atoms with Crippen molar-refractivity contribution in [1.29, 1.82) is 0 Å². The summed E-state index contributed by atoms with van der Waals surface area (Å²) in [6.45, 7) is 2.34. The molecular weight excluding hydrogens is 316 g/mol. The smallest absolute Gasteiger partial charge is 0.171 e. The number of anilines is 1. The van der Waals surface area contributed by atoms with E-state index in [-0.39, 0.29) is 0 Å². The van der Waals surface area contributed by atoms with Crippen molar-refractivity contribution in [3.8, 4) is 5.75 Å². The van der Waals surface area contributed by atoms with Gasteiger partial charge in [-0.25, -0.2) is 0 Å². The third-order valence-corrected chi connectivity index (χ3v) is 6.90. The highest BCUT2D eigenvalue weighted by atomic mass is 32.1. The quantitative estimate of drug-likeness (QED) is 0.783. The standard InChI is InChI=1S/C20H28N2OS/c1-13(20-10-14-6-15(11-20)8-16(7-14)12-20)21-19(24)22-17-4-3-5-18(9-17)23-2/h3-5,9,13-16H,6-8,10-12H2,1-2H3,(H2,21,22,24)/t13-,14?,15?,16?,20?/m1/s1. The van der Waals surface area contributed by atoms with E-state index in [0.717, 1.165) is 34.3 Å². The second-order valence-corrected chi connectivity index (χ2v) is 8.74. The molecule has 4 heteroatoms. The summed E-state index contributed by atoms with van der Waals surface area (Å²) in [6.07, 6.45) is 8.65. The zero-order valence-corrected chi connectivity index (χ0v) is 15.5. The second-order valence-electron chi connectivity index (χ2n) is 8.33. The summed E-state index contributed by atoms with van der Waals surface area (Å²) < 4.78 is 5.28. The zero-order valence-electron chi connectivity index (χ0n) is 14.7. The van der Waals surface area contributed by atoms with Crippen LogP contribution in [-0.4, -0.2) is 18.3 Å². The Kier molecular flexibility index (Phi) is 4.19. The van der Waals surface area contributed by atoms with Gasteiger partial charge in [0, 0.05) is 17.8 Å². The predicted molar refractivity (Wildman–Crippen MR) is 102 cm³/mol. The molecule has 0 aromatic heterocycles. The van der Waals surface area contributed by atoms with Crippen molar-refractivity contribution < 1.29 is 4.74 Å². The van der Waals surface area contributed by atoms with E-state index in [9.17, 15) is 0 Å². The summed E-state index contributed by atoms with van der Waals surface area (Å²) in [6, 6.07) is 8.36. The highest BCUT2D eigenvalue weighted by Gasteiger charge is 2.53. The largest absolute Gasteiger partial charge is 0.497 e. The molecule has 0 saturated heterocycles. The molecule has 1 aromatic rings. The fourth-order valence-corrected chi connectivity index (χ4v) is 6.22. The minimum Gasteiger partial charge on any atom is -0.497 e. The van der Waals surface area contributed by atoms with Crippen LogP contribution in [0.5, 0.6) is 5.75 Å². The van der Waals surface area contributed by atoms with E-state index < -0.39 is 0 Å². The maximum absolute atomic E-state index is 5.58. The van der Waals surface area contributed by atoms with Gasteiger partial charge in [-0.3, -0.25) is 0 Å². The molecule has 0 aliphatic heterocycles. The fraction of sp³-hybridized carbons (Fsp3) is 0.650. The number of benzene rings is 1. The van der Waals surface area contributed by atoms with Crippen molar-refractivity contribution in [2.45, 2.75) is 51.5 Å². The summed E-state index contributed by atoms with van der Waals surface area (Å²) in [7, 11) is 1.69. The Balaban J connectivity index is 1.40. The molecule has 0 amide bonds. The first-order valence-electron chi connectivity index (χ1n) is 9.28. The van der Waals surface area contributed by atoms with Crippen LogP contribution in [0.1, 0.15) is 45.4 Å². The van der Waals surface area contributed by atoms with Crippen molar-refractivity contribution in [2.75, 3.05) is 12.4 Å². The summed E-state index contributed by atoms with van der Waals surface area (Å²) in [5, 5.41) is 7.65. The second kappa shape index (κ2) is 6.21. The van der Waals surface area contributed by atoms with Gasteiger partial charge in [0.1, 0.15) is 5.75 Å². The molecule has 130 valence electrons. The van der Waals surface area contributed by atoms with Gasteiger partial charge in [0.2, 0.25) is 0 Å². The van der Waals surface area contributed by atoms with E-state index in [1.807, 2.05) is 24.3 Å². The van der Waals surface area contributed by atoms with Crippen LogP contribution in [0.2, 0.25) is 0 Å². The maximum Gasteiger partial charge on any atom is 0.171 e. The van der Waals surface area contributed by atoms with E-state index >= 15 is 0 Å². The molecule has 0 heterocycles. The molecule has 3 nitrogen and oxygen atoms in total. The number of hydrogen-bond donors (Lipinski definition) is 2. The van der Waals surface area contributed by atoms with Crippen molar-refractivity contribution in [3.05, 3.63) is 24.3 Å². The highest BCUT2D eigenvalue weighted by molar-refractivity contribution is 7.80. The van der Waals surface area contributed by atoms with Crippen LogP contribution in [-0.2, 0) is 0 Å². The van der Waals surface area contributed by atoms with Crippen LogP contribution in [0.15, 0.2) is 24.3 Å². The molecule has 4 saturated carbocycles. The molecule has 5 rings (SSSR count). The van der Waals surface area contributed by atoms with Gasteiger partial charge in [0.15, 0.2) is 5.11 Å². The Hall–Kier alpha value is -1.29. The molecule has 4 fully saturated rings. The van der Waals surface area contributed by atoms with Crippen LogP contribution in [0.3, 0.4) is 0 Å². The van der Waals surface area contributed by atoms with Crippen LogP contribution >= 0.6 is 12.2 Å². The molecule has 4 bridgehead atoms. The monoisotopic (exact) mass is 344 g/mol. The lowest BCUT2D eigenvalue weighted by Gasteiger charge is -2.59. The van der Waals surface area contributed by atoms with Gasteiger partial charge in [0.25, 0.3) is 0 Å². The lowest BCUT2D eigenvalue weighted by molar-refractivity contribution is -0.0671. The van der Waals surface area contributed by atoms with Gasteiger partial charge in [-0.1, -0.05) is 6.07 Å². The SMILES string of the molecule is COc1cccc(NC(=S)N[C@H](C)C23CC4CC(CC(C4)C2)C3)c1. The summed E-state index contributed by atoms with van der Waals surface area (Å²) in [5.41, 5.74) is 1.44. The Morgan fingerprint density at radius 3 is 2.38 bits per heavy atom. The van der Waals surface area contributed by atoms with Crippen LogP contribution < -0.4 is 15.4 Å². The van der Waals surface area contributed by atoms with Crippen molar-refractivity contribution in [1.82, 2.24) is 5.32 Å². The first kappa shape index (κ1) is 16.2. The average molecular weight is 345 g/mol. The van der Waals surface area contributed by atoms with Gasteiger partial charge >= 0.3 is 0 Å². The fourth-order valence-electron chi connectivity index (χ4n) is 5.93. The molecule has 1 atom stereocenters. The minimum atomic E-state index is 0.441. The summed E-state index contributed by atoms with van der Waals surface area (Å²) in [4.78, 5) is 0. The van der Waals surface area contributed by atoms with Gasteiger partial charge in [-0.05, 0) is 93.0 Å². The molecule has 4 aliphatic carbocycles. The van der Waals surface area contributed by atoms with Crippen molar-refractivity contribution >= 4 is 23.0 Å². The van der Waals surface area contributed by atoms with Crippen molar-refractivity contribution in [3.63, 3.8) is 0 Å². The van der Waals surface area contributed by atoms with E-state index in [4.69, 9.17) is 17.0 Å². The Bertz CT molecular complexity index is 595. The number of methoxy groups -OCH3 is 1. The van der Waals surface area contributed by atoms with Gasteiger partial charge in [0.05, 0.1) is 7.11 Å². The highest BCUT2D eigenvalue weighted by Crippen LogP contribution is 2.61. The molecule has 24 heavy (non-hydrogen) atoms. The van der Waals surface area contributed by atoms with E-state index in [2.05, 4.69) is 17.6 Å². The van der Waals surface area contributed by atoms with Gasteiger partial charge < -0.3 is 15.4 Å². The van der Waals surface area contributed by atoms with E-state index in [0.29, 0.717) is 11.5 Å².